The van der Waals surface area contributed by atoms with Crippen LogP contribution < -0.4 is 5.32 Å². The summed E-state index contributed by atoms with van der Waals surface area (Å²) in [6, 6.07) is 0.884. The summed E-state index contributed by atoms with van der Waals surface area (Å²) in [6.07, 6.45) is 9.90. The average Bonchev–Trinajstić information content (AvgIpc) is 2.88. The lowest BCUT2D eigenvalue weighted by molar-refractivity contribution is 0.139. The van der Waals surface area contributed by atoms with Crippen LogP contribution in [-0.2, 0) is 0 Å². The lowest BCUT2D eigenvalue weighted by Crippen LogP contribution is -2.41. The molecule has 1 unspecified atom stereocenters. The van der Waals surface area contributed by atoms with Crippen LogP contribution in [0.15, 0.2) is 0 Å². The van der Waals surface area contributed by atoms with Crippen molar-refractivity contribution in [3.63, 3.8) is 0 Å². The Labute approximate surface area is 101 Å². The largest absolute Gasteiger partial charge is 0.316 e. The van der Waals surface area contributed by atoms with Crippen molar-refractivity contribution in [2.75, 3.05) is 26.7 Å². The van der Waals surface area contributed by atoms with Gasteiger partial charge in [0.05, 0.1) is 0 Å². The van der Waals surface area contributed by atoms with E-state index in [1.165, 1.54) is 64.6 Å². The quantitative estimate of drug-likeness (QED) is 0.772. The second-order valence-corrected chi connectivity index (χ2v) is 6.03. The third-order valence-corrected chi connectivity index (χ3v) is 4.65. The molecule has 2 rings (SSSR count). The third-order valence-electron chi connectivity index (χ3n) is 4.65. The first kappa shape index (κ1) is 12.4. The van der Waals surface area contributed by atoms with Gasteiger partial charge in [-0.15, -0.1) is 0 Å². The molecule has 1 N–H and O–H groups in total. The van der Waals surface area contributed by atoms with E-state index in [1.807, 2.05) is 0 Å². The zero-order valence-electron chi connectivity index (χ0n) is 11.1. The summed E-state index contributed by atoms with van der Waals surface area (Å²) in [5.74, 6) is 0. The monoisotopic (exact) mass is 224 g/mol. The van der Waals surface area contributed by atoms with Gasteiger partial charge in [0.1, 0.15) is 0 Å². The van der Waals surface area contributed by atoms with Crippen LogP contribution in [0.1, 0.15) is 51.9 Å². The number of hydrogen-bond acceptors (Lipinski definition) is 2. The first-order valence-corrected chi connectivity index (χ1v) is 7.17. The Balaban J connectivity index is 1.89. The molecule has 16 heavy (non-hydrogen) atoms. The smallest absolute Gasteiger partial charge is 0.00924 e. The summed E-state index contributed by atoms with van der Waals surface area (Å²) >= 11 is 0. The van der Waals surface area contributed by atoms with E-state index >= 15 is 0 Å². The zero-order valence-corrected chi connectivity index (χ0v) is 11.1. The summed E-state index contributed by atoms with van der Waals surface area (Å²) in [6.45, 7) is 6.13. The van der Waals surface area contributed by atoms with E-state index in [1.54, 1.807) is 0 Å². The number of nitrogens with zero attached hydrogens (tertiary/aromatic N) is 1. The molecule has 0 aromatic heterocycles. The third kappa shape index (κ3) is 2.78. The van der Waals surface area contributed by atoms with E-state index in [2.05, 4.69) is 24.2 Å². The highest BCUT2D eigenvalue weighted by molar-refractivity contribution is 4.91. The van der Waals surface area contributed by atoms with E-state index in [4.69, 9.17) is 0 Å². The Bertz CT molecular complexity index is 203. The van der Waals surface area contributed by atoms with Gasteiger partial charge in [0.25, 0.3) is 0 Å². The molecule has 2 fully saturated rings. The fourth-order valence-electron chi connectivity index (χ4n) is 3.76. The van der Waals surface area contributed by atoms with Crippen molar-refractivity contribution in [2.24, 2.45) is 5.41 Å². The van der Waals surface area contributed by atoms with Crippen LogP contribution in [0.3, 0.4) is 0 Å². The van der Waals surface area contributed by atoms with Crippen LogP contribution in [-0.4, -0.2) is 37.6 Å². The summed E-state index contributed by atoms with van der Waals surface area (Å²) in [5, 5.41) is 3.57. The molecular formula is C14H28N2. The molecule has 0 radical (unpaired) electrons. The van der Waals surface area contributed by atoms with Gasteiger partial charge < -0.3 is 10.2 Å². The van der Waals surface area contributed by atoms with Crippen molar-refractivity contribution in [1.82, 2.24) is 10.2 Å². The van der Waals surface area contributed by atoms with E-state index in [-0.39, 0.29) is 0 Å². The van der Waals surface area contributed by atoms with Crippen molar-refractivity contribution in [3.8, 4) is 0 Å². The van der Waals surface area contributed by atoms with Crippen molar-refractivity contribution in [1.29, 1.82) is 0 Å². The van der Waals surface area contributed by atoms with Gasteiger partial charge in [-0.2, -0.15) is 0 Å². The van der Waals surface area contributed by atoms with Gasteiger partial charge in [-0.1, -0.05) is 26.2 Å². The minimum absolute atomic E-state index is 0.589. The Morgan fingerprint density at radius 3 is 2.62 bits per heavy atom. The van der Waals surface area contributed by atoms with Gasteiger partial charge in [0, 0.05) is 19.1 Å². The van der Waals surface area contributed by atoms with Crippen LogP contribution in [0, 0.1) is 5.41 Å². The van der Waals surface area contributed by atoms with E-state index in [9.17, 15) is 0 Å². The molecule has 0 spiro atoms. The normalized spacial score (nSPS) is 31.7. The van der Waals surface area contributed by atoms with Crippen LogP contribution in [0.25, 0.3) is 0 Å². The standard InChI is InChI=1S/C14H28N2/c1-3-8-14(9-10-15-11-14)12-16(2)13-6-4-5-7-13/h13,15H,3-12H2,1-2H3. The molecule has 1 aliphatic carbocycles. The van der Waals surface area contributed by atoms with E-state index in [0.29, 0.717) is 5.41 Å². The van der Waals surface area contributed by atoms with Gasteiger partial charge in [-0.25, -0.2) is 0 Å². The van der Waals surface area contributed by atoms with Crippen molar-refractivity contribution in [2.45, 2.75) is 57.9 Å². The number of nitrogens with one attached hydrogen (secondary N) is 1. The Morgan fingerprint density at radius 1 is 1.31 bits per heavy atom. The molecule has 0 amide bonds. The Hall–Kier alpha value is -0.0800. The molecular weight excluding hydrogens is 196 g/mol. The van der Waals surface area contributed by atoms with Gasteiger partial charge in [-0.05, 0) is 44.7 Å². The van der Waals surface area contributed by atoms with Gasteiger partial charge >= 0.3 is 0 Å². The fourth-order valence-corrected chi connectivity index (χ4v) is 3.76. The fraction of sp³-hybridized carbons (Fsp3) is 1.00. The molecule has 2 heteroatoms. The molecule has 1 atom stereocenters. The van der Waals surface area contributed by atoms with E-state index < -0.39 is 0 Å². The maximum Gasteiger partial charge on any atom is 0.00924 e. The minimum Gasteiger partial charge on any atom is -0.316 e. The van der Waals surface area contributed by atoms with Crippen LogP contribution in [0.4, 0.5) is 0 Å². The van der Waals surface area contributed by atoms with Gasteiger partial charge in [-0.3, -0.25) is 0 Å². The highest BCUT2D eigenvalue weighted by Gasteiger charge is 2.35. The van der Waals surface area contributed by atoms with Crippen LogP contribution in [0.5, 0.6) is 0 Å². The molecule has 2 nitrogen and oxygen atoms in total. The second-order valence-electron chi connectivity index (χ2n) is 6.03. The Kier molecular flexibility index (Phi) is 4.26. The lowest BCUT2D eigenvalue weighted by atomic mass is 9.81. The summed E-state index contributed by atoms with van der Waals surface area (Å²) < 4.78 is 0. The number of rotatable bonds is 5. The first-order chi connectivity index (χ1) is 7.76. The average molecular weight is 224 g/mol. The second kappa shape index (κ2) is 5.50. The minimum atomic E-state index is 0.589. The SMILES string of the molecule is CCCC1(CN(C)C2CCCC2)CCNC1. The maximum atomic E-state index is 3.57. The topological polar surface area (TPSA) is 15.3 Å². The first-order valence-electron chi connectivity index (χ1n) is 7.17. The molecule has 1 aliphatic heterocycles. The molecule has 2 aliphatic rings. The van der Waals surface area contributed by atoms with Crippen molar-refractivity contribution >= 4 is 0 Å². The molecule has 1 saturated carbocycles. The predicted molar refractivity (Wildman–Crippen MR) is 69.7 cm³/mol. The van der Waals surface area contributed by atoms with Crippen molar-refractivity contribution in [3.05, 3.63) is 0 Å². The number of hydrogen-bond donors (Lipinski definition) is 1. The van der Waals surface area contributed by atoms with Crippen LogP contribution in [0.2, 0.25) is 0 Å². The molecule has 0 aromatic rings. The lowest BCUT2D eigenvalue weighted by Gasteiger charge is -2.35. The Morgan fingerprint density at radius 2 is 2.06 bits per heavy atom. The molecule has 1 heterocycles. The maximum absolute atomic E-state index is 3.57. The van der Waals surface area contributed by atoms with E-state index in [0.717, 1.165) is 6.04 Å². The summed E-state index contributed by atoms with van der Waals surface area (Å²) in [5.41, 5.74) is 0.589. The zero-order chi connectivity index (χ0) is 11.4. The summed E-state index contributed by atoms with van der Waals surface area (Å²) in [7, 11) is 2.35. The van der Waals surface area contributed by atoms with Gasteiger partial charge in [0.2, 0.25) is 0 Å². The highest BCUT2D eigenvalue weighted by atomic mass is 15.1. The summed E-state index contributed by atoms with van der Waals surface area (Å²) in [4.78, 5) is 2.66. The molecule has 0 bridgehead atoms. The molecule has 1 saturated heterocycles. The molecule has 94 valence electrons. The highest BCUT2D eigenvalue weighted by Crippen LogP contribution is 2.34. The van der Waals surface area contributed by atoms with Crippen molar-refractivity contribution < 1.29 is 0 Å². The predicted octanol–water partition coefficient (Wildman–Crippen LogP) is 2.64. The van der Waals surface area contributed by atoms with Crippen LogP contribution >= 0.6 is 0 Å². The van der Waals surface area contributed by atoms with Gasteiger partial charge in [0.15, 0.2) is 0 Å². The molecule has 0 aromatic carbocycles.